The largest absolute Gasteiger partial charge is 0.462 e. The molecule has 0 aliphatic carbocycles. The van der Waals surface area contributed by atoms with E-state index in [2.05, 4.69) is 69.4 Å². The predicted octanol–water partition coefficient (Wildman–Crippen LogP) is 21.4. The minimum atomic E-state index is -0.782. The van der Waals surface area contributed by atoms with Crippen LogP contribution in [0.5, 0.6) is 0 Å². The molecule has 0 spiro atoms. The fraction of sp³-hybridized carbons (Fsp3) is 0.833. The SMILES string of the molecule is CC/C=C\C/C=C\C/C=C\C/C=C\CCCCCCC(=O)OC(COC(=O)CCCCCCCCCC)COC(=O)CCCCCCCCCCCCCCCCCCCCCCCCCCCCCCC. The third-order valence-electron chi connectivity index (χ3n) is 14.1. The fourth-order valence-electron chi connectivity index (χ4n) is 9.38. The van der Waals surface area contributed by atoms with E-state index in [9.17, 15) is 14.4 Å². The smallest absolute Gasteiger partial charge is 0.306 e. The predicted molar refractivity (Wildman–Crippen MR) is 312 cm³/mol. The standard InChI is InChI=1S/C66H120O6/c1-4-7-10-13-16-19-21-23-25-27-28-29-30-31-32-33-34-35-36-37-38-40-41-43-45-47-50-53-56-59-65(68)71-62-63(61-70-64(67)58-55-52-49-18-15-12-9-6-3)72-66(69)60-57-54-51-48-46-44-42-39-26-24-22-20-17-14-11-8-5-2/h8,11,17,20,24,26,42,44,63H,4-7,9-10,12-16,18-19,21-23,25,27-41,43,45-62H2,1-3H3/b11-8-,20-17-,26-24-,44-42-. The summed E-state index contributed by atoms with van der Waals surface area (Å²) >= 11 is 0. The van der Waals surface area contributed by atoms with E-state index in [0.29, 0.717) is 19.3 Å². The van der Waals surface area contributed by atoms with Crippen LogP contribution < -0.4 is 0 Å². The third kappa shape index (κ3) is 58.3. The molecule has 0 fully saturated rings. The van der Waals surface area contributed by atoms with Crippen molar-refractivity contribution in [2.75, 3.05) is 13.2 Å². The molecule has 0 N–H and O–H groups in total. The van der Waals surface area contributed by atoms with Crippen molar-refractivity contribution >= 4 is 17.9 Å². The summed E-state index contributed by atoms with van der Waals surface area (Å²) in [6, 6.07) is 0. The van der Waals surface area contributed by atoms with Crippen LogP contribution in [0.2, 0.25) is 0 Å². The van der Waals surface area contributed by atoms with Gasteiger partial charge in [0.1, 0.15) is 13.2 Å². The molecule has 420 valence electrons. The number of rotatable bonds is 58. The Bertz CT molecular complexity index is 1250. The number of ether oxygens (including phenoxy) is 3. The summed E-state index contributed by atoms with van der Waals surface area (Å²) < 4.78 is 16.8. The zero-order chi connectivity index (χ0) is 52.2. The van der Waals surface area contributed by atoms with Gasteiger partial charge < -0.3 is 14.2 Å². The average molecular weight is 1010 g/mol. The zero-order valence-corrected chi connectivity index (χ0v) is 48.2. The average Bonchev–Trinajstić information content (AvgIpc) is 3.38. The molecule has 0 aromatic carbocycles. The lowest BCUT2D eigenvalue weighted by molar-refractivity contribution is -0.167. The number of allylic oxidation sites excluding steroid dienone is 8. The first-order valence-corrected chi connectivity index (χ1v) is 31.6. The Balaban J connectivity index is 4.08. The summed E-state index contributed by atoms with van der Waals surface area (Å²) in [5, 5.41) is 0. The van der Waals surface area contributed by atoms with Gasteiger partial charge in [0.25, 0.3) is 0 Å². The van der Waals surface area contributed by atoms with Crippen molar-refractivity contribution in [3.8, 4) is 0 Å². The van der Waals surface area contributed by atoms with Crippen LogP contribution in [0.1, 0.15) is 335 Å². The van der Waals surface area contributed by atoms with Crippen LogP contribution in [0.25, 0.3) is 0 Å². The second-order valence-corrected chi connectivity index (χ2v) is 21.3. The Hall–Kier alpha value is -2.63. The fourth-order valence-corrected chi connectivity index (χ4v) is 9.38. The highest BCUT2D eigenvalue weighted by atomic mass is 16.6. The summed E-state index contributed by atoms with van der Waals surface area (Å²) in [6.45, 7) is 6.52. The Morgan fingerprint density at radius 1 is 0.292 bits per heavy atom. The molecule has 0 heterocycles. The summed E-state index contributed by atoms with van der Waals surface area (Å²) in [6.07, 6.45) is 75.8. The molecule has 6 heteroatoms. The van der Waals surface area contributed by atoms with Crippen molar-refractivity contribution in [1.82, 2.24) is 0 Å². The highest BCUT2D eigenvalue weighted by Crippen LogP contribution is 2.18. The Morgan fingerprint density at radius 3 is 0.847 bits per heavy atom. The van der Waals surface area contributed by atoms with E-state index in [-0.39, 0.29) is 31.1 Å². The molecular formula is C66H120O6. The molecule has 0 aliphatic rings. The lowest BCUT2D eigenvalue weighted by atomic mass is 10.0. The minimum absolute atomic E-state index is 0.0793. The number of hydrogen-bond donors (Lipinski definition) is 0. The van der Waals surface area contributed by atoms with Crippen LogP contribution in [-0.4, -0.2) is 37.2 Å². The Labute approximate surface area is 448 Å². The quantitative estimate of drug-likeness (QED) is 0.0261. The summed E-state index contributed by atoms with van der Waals surface area (Å²) in [7, 11) is 0. The molecular weight excluding hydrogens is 889 g/mol. The van der Waals surface area contributed by atoms with Crippen LogP contribution >= 0.6 is 0 Å². The van der Waals surface area contributed by atoms with Crippen LogP contribution in [0.3, 0.4) is 0 Å². The summed E-state index contributed by atoms with van der Waals surface area (Å²) in [5.74, 6) is -0.891. The zero-order valence-electron chi connectivity index (χ0n) is 48.2. The Morgan fingerprint density at radius 2 is 0.542 bits per heavy atom. The van der Waals surface area contributed by atoms with Crippen molar-refractivity contribution in [2.45, 2.75) is 341 Å². The van der Waals surface area contributed by atoms with E-state index in [0.717, 1.165) is 96.3 Å². The van der Waals surface area contributed by atoms with Gasteiger partial charge in [0.05, 0.1) is 0 Å². The van der Waals surface area contributed by atoms with Crippen LogP contribution in [0.15, 0.2) is 48.6 Å². The minimum Gasteiger partial charge on any atom is -0.462 e. The number of hydrogen-bond acceptors (Lipinski definition) is 6. The van der Waals surface area contributed by atoms with E-state index in [4.69, 9.17) is 14.2 Å². The van der Waals surface area contributed by atoms with Gasteiger partial charge in [0.15, 0.2) is 6.10 Å². The maximum absolute atomic E-state index is 12.8. The number of unbranched alkanes of at least 4 members (excludes halogenated alkanes) is 39. The molecule has 1 unspecified atom stereocenters. The lowest BCUT2D eigenvalue weighted by Gasteiger charge is -2.18. The van der Waals surface area contributed by atoms with Crippen molar-refractivity contribution < 1.29 is 28.6 Å². The second kappa shape index (κ2) is 60.9. The van der Waals surface area contributed by atoms with Gasteiger partial charge in [-0.15, -0.1) is 0 Å². The molecule has 0 radical (unpaired) electrons. The molecule has 0 aliphatic heterocycles. The van der Waals surface area contributed by atoms with Crippen LogP contribution in [0, 0.1) is 0 Å². The van der Waals surface area contributed by atoms with E-state index < -0.39 is 6.10 Å². The van der Waals surface area contributed by atoms with Gasteiger partial charge in [-0.3, -0.25) is 14.4 Å². The maximum Gasteiger partial charge on any atom is 0.306 e. The molecule has 0 aromatic rings. The van der Waals surface area contributed by atoms with Crippen molar-refractivity contribution in [3.05, 3.63) is 48.6 Å². The number of esters is 3. The molecule has 0 rings (SSSR count). The van der Waals surface area contributed by atoms with Gasteiger partial charge >= 0.3 is 17.9 Å². The van der Waals surface area contributed by atoms with Crippen LogP contribution in [0.4, 0.5) is 0 Å². The third-order valence-corrected chi connectivity index (χ3v) is 14.1. The Kier molecular flexibility index (Phi) is 58.7. The van der Waals surface area contributed by atoms with Gasteiger partial charge in [-0.2, -0.15) is 0 Å². The first-order chi connectivity index (χ1) is 35.5. The maximum atomic E-state index is 12.8. The first-order valence-electron chi connectivity index (χ1n) is 31.6. The number of carbonyl (C=O) groups excluding carboxylic acids is 3. The van der Waals surface area contributed by atoms with Crippen molar-refractivity contribution in [3.63, 3.8) is 0 Å². The number of carbonyl (C=O) groups is 3. The molecule has 0 saturated heterocycles. The van der Waals surface area contributed by atoms with E-state index >= 15 is 0 Å². The van der Waals surface area contributed by atoms with Crippen LogP contribution in [-0.2, 0) is 28.6 Å². The molecule has 0 saturated carbocycles. The molecule has 0 aromatic heterocycles. The monoisotopic (exact) mass is 1010 g/mol. The van der Waals surface area contributed by atoms with Gasteiger partial charge in [-0.25, -0.2) is 0 Å². The van der Waals surface area contributed by atoms with Gasteiger partial charge in [-0.05, 0) is 57.8 Å². The van der Waals surface area contributed by atoms with Gasteiger partial charge in [0.2, 0.25) is 0 Å². The summed E-state index contributed by atoms with van der Waals surface area (Å²) in [4.78, 5) is 38.1. The molecule has 1 atom stereocenters. The second-order valence-electron chi connectivity index (χ2n) is 21.3. The van der Waals surface area contributed by atoms with Gasteiger partial charge in [0, 0.05) is 19.3 Å². The normalized spacial score (nSPS) is 12.3. The topological polar surface area (TPSA) is 78.9 Å². The molecule has 72 heavy (non-hydrogen) atoms. The van der Waals surface area contributed by atoms with Gasteiger partial charge in [-0.1, -0.05) is 307 Å². The molecule has 0 bridgehead atoms. The summed E-state index contributed by atoms with van der Waals surface area (Å²) in [5.41, 5.74) is 0. The van der Waals surface area contributed by atoms with E-state index in [1.807, 2.05) is 0 Å². The molecule has 0 amide bonds. The first kappa shape index (κ1) is 69.4. The van der Waals surface area contributed by atoms with Crippen molar-refractivity contribution in [1.29, 1.82) is 0 Å². The van der Waals surface area contributed by atoms with E-state index in [1.54, 1.807) is 0 Å². The lowest BCUT2D eigenvalue weighted by Crippen LogP contribution is -2.30. The molecule has 6 nitrogen and oxygen atoms in total. The highest BCUT2D eigenvalue weighted by Gasteiger charge is 2.19. The van der Waals surface area contributed by atoms with E-state index in [1.165, 1.54) is 199 Å². The van der Waals surface area contributed by atoms with Crippen molar-refractivity contribution in [2.24, 2.45) is 0 Å². The highest BCUT2D eigenvalue weighted by molar-refractivity contribution is 5.71.